The highest BCUT2D eigenvalue weighted by atomic mass is 16.6. The van der Waals surface area contributed by atoms with Crippen molar-refractivity contribution in [3.05, 3.63) is 85.1 Å². The zero-order valence-corrected chi connectivity index (χ0v) is 38.9. The number of aliphatic carboxylic acids is 1. The Labute approximate surface area is 367 Å². The van der Waals surface area contributed by atoms with Crippen molar-refractivity contribution in [3.63, 3.8) is 0 Å². The monoisotopic (exact) mass is 839 g/mol. The molecule has 1 N–H and O–H groups in total. The lowest BCUT2D eigenvalue weighted by molar-refractivity contribution is -0.887. The third-order valence-electron chi connectivity index (χ3n) is 10.1. The van der Waals surface area contributed by atoms with E-state index in [9.17, 15) is 19.5 Å². The van der Waals surface area contributed by atoms with E-state index < -0.39 is 18.1 Å². The van der Waals surface area contributed by atoms with Crippen LogP contribution < -0.4 is 0 Å². The van der Waals surface area contributed by atoms with Gasteiger partial charge in [-0.05, 0) is 70.6 Å². The van der Waals surface area contributed by atoms with Crippen LogP contribution in [0.2, 0.25) is 0 Å². The molecule has 0 spiro atoms. The van der Waals surface area contributed by atoms with Gasteiger partial charge >= 0.3 is 17.9 Å². The molecule has 0 aromatic heterocycles. The predicted molar refractivity (Wildman–Crippen MR) is 252 cm³/mol. The molecule has 0 aliphatic carbocycles. The maximum absolute atomic E-state index is 12.7. The Kier molecular flexibility index (Phi) is 39.8. The molecule has 0 aromatic rings. The molecule has 0 amide bonds. The van der Waals surface area contributed by atoms with Gasteiger partial charge in [0, 0.05) is 19.3 Å². The molecule has 0 radical (unpaired) electrons. The van der Waals surface area contributed by atoms with Gasteiger partial charge in [0.1, 0.15) is 6.61 Å². The number of allylic oxidation sites excluding steroid dienone is 14. The number of carbonyl (C=O) groups is 3. The fraction of sp³-hybridized carbons (Fsp3) is 0.673. The summed E-state index contributed by atoms with van der Waals surface area (Å²) in [6, 6.07) is -0.623. The van der Waals surface area contributed by atoms with E-state index in [0.717, 1.165) is 89.9 Å². The van der Waals surface area contributed by atoms with E-state index in [1.54, 1.807) is 0 Å². The van der Waals surface area contributed by atoms with E-state index in [2.05, 4.69) is 92.8 Å². The van der Waals surface area contributed by atoms with Crippen molar-refractivity contribution in [2.24, 2.45) is 0 Å². The number of quaternary nitrogens is 1. The maximum Gasteiger partial charge on any atom is 0.362 e. The van der Waals surface area contributed by atoms with Crippen LogP contribution in [0, 0.1) is 0 Å². The first-order chi connectivity index (χ1) is 29.1. The Morgan fingerprint density at radius 3 is 1.48 bits per heavy atom. The number of nitrogens with zero attached hydrogens (tertiary/aromatic N) is 1. The molecule has 60 heavy (non-hydrogen) atoms. The molecule has 0 aliphatic heterocycles. The minimum absolute atomic E-state index is 0.0470. The minimum atomic E-state index is -0.882. The van der Waals surface area contributed by atoms with Crippen LogP contribution in [0.4, 0.5) is 0 Å². The zero-order chi connectivity index (χ0) is 44.2. The largest absolute Gasteiger partial charge is 0.477 e. The molecule has 0 saturated heterocycles. The second-order valence-corrected chi connectivity index (χ2v) is 16.7. The number of rotatable bonds is 41. The Balaban J connectivity index is 4.26. The number of carboxylic acids is 1. The van der Waals surface area contributed by atoms with E-state index in [0.29, 0.717) is 19.3 Å². The van der Waals surface area contributed by atoms with E-state index in [4.69, 9.17) is 14.2 Å². The summed E-state index contributed by atoms with van der Waals surface area (Å²) in [6.07, 6.45) is 54.9. The zero-order valence-electron chi connectivity index (χ0n) is 38.9. The van der Waals surface area contributed by atoms with Gasteiger partial charge in [-0.2, -0.15) is 0 Å². The predicted octanol–water partition coefficient (Wildman–Crippen LogP) is 13.3. The maximum atomic E-state index is 12.7. The summed E-state index contributed by atoms with van der Waals surface area (Å²) in [7, 11) is 5.51. The van der Waals surface area contributed by atoms with Crippen LogP contribution in [0.15, 0.2) is 85.1 Å². The first-order valence-electron chi connectivity index (χ1n) is 23.7. The number of likely N-dealkylation sites (N-methyl/N-ethyl adjacent to an activating group) is 1. The number of hydrogen-bond donors (Lipinski definition) is 1. The van der Waals surface area contributed by atoms with Gasteiger partial charge in [-0.1, -0.05) is 170 Å². The summed E-state index contributed by atoms with van der Waals surface area (Å²) < 4.78 is 17.3. The fourth-order valence-electron chi connectivity index (χ4n) is 6.49. The molecule has 2 unspecified atom stereocenters. The van der Waals surface area contributed by atoms with Crippen LogP contribution in [0.25, 0.3) is 0 Å². The van der Waals surface area contributed by atoms with Crippen molar-refractivity contribution < 1.29 is 38.2 Å². The summed E-state index contributed by atoms with van der Waals surface area (Å²) >= 11 is 0. The third-order valence-corrected chi connectivity index (χ3v) is 10.1. The molecular weight excluding hydrogens is 751 g/mol. The molecule has 2 atom stereocenters. The van der Waals surface area contributed by atoms with Crippen LogP contribution in [0.5, 0.6) is 0 Å². The van der Waals surface area contributed by atoms with E-state index >= 15 is 0 Å². The second kappa shape index (κ2) is 42.2. The molecule has 0 bridgehead atoms. The van der Waals surface area contributed by atoms with Crippen LogP contribution in [0.1, 0.15) is 174 Å². The van der Waals surface area contributed by atoms with Crippen LogP contribution in [0.3, 0.4) is 0 Å². The van der Waals surface area contributed by atoms with Gasteiger partial charge in [0.2, 0.25) is 0 Å². The van der Waals surface area contributed by atoms with E-state index in [1.165, 1.54) is 51.4 Å². The number of carbonyl (C=O) groups excluding carboxylic acids is 2. The standard InChI is InChI=1S/C52H87NO7/c1-6-8-10-12-14-16-18-20-21-22-23-24-25-26-27-28-29-31-32-34-36-38-40-42-50(54)59-47-48(46-58-45-44-49(52(56)57)53(3,4)5)60-51(55)43-41-39-37-35-33-30-19-17-15-13-11-9-7-2/h8-11,13-17,19-21,23-24,48-49H,6-7,12,18,22,25-47H2,1-5H3/p+1/b10-8+,11-9+,15-13+,16-14+,19-17+,21-20+,24-23+. The Morgan fingerprint density at radius 1 is 0.517 bits per heavy atom. The first kappa shape index (κ1) is 56.5. The van der Waals surface area contributed by atoms with Crippen molar-refractivity contribution in [1.29, 1.82) is 0 Å². The fourth-order valence-corrected chi connectivity index (χ4v) is 6.49. The highest BCUT2D eigenvalue weighted by Gasteiger charge is 2.31. The quantitative estimate of drug-likeness (QED) is 0.0215. The number of esters is 2. The van der Waals surface area contributed by atoms with Gasteiger partial charge in [-0.3, -0.25) is 9.59 Å². The Bertz CT molecular complexity index is 1250. The summed E-state index contributed by atoms with van der Waals surface area (Å²) in [5.41, 5.74) is 0. The van der Waals surface area contributed by atoms with Crippen molar-refractivity contribution >= 4 is 17.9 Å². The highest BCUT2D eigenvalue weighted by molar-refractivity contribution is 5.72. The van der Waals surface area contributed by atoms with Crippen molar-refractivity contribution in [2.75, 3.05) is 41.0 Å². The van der Waals surface area contributed by atoms with Gasteiger partial charge in [-0.15, -0.1) is 0 Å². The number of unbranched alkanes of at least 4 members (excludes halogenated alkanes) is 15. The minimum Gasteiger partial charge on any atom is -0.477 e. The van der Waals surface area contributed by atoms with Crippen molar-refractivity contribution in [2.45, 2.75) is 187 Å². The normalized spacial score (nSPS) is 13.7. The van der Waals surface area contributed by atoms with Crippen LogP contribution in [-0.4, -0.2) is 80.6 Å². The Hall–Kier alpha value is -3.49. The van der Waals surface area contributed by atoms with Gasteiger partial charge in [0.25, 0.3) is 0 Å². The molecule has 0 fully saturated rings. The van der Waals surface area contributed by atoms with E-state index in [1.807, 2.05) is 27.2 Å². The molecule has 8 heteroatoms. The molecule has 342 valence electrons. The van der Waals surface area contributed by atoms with Gasteiger partial charge in [0.15, 0.2) is 12.1 Å². The SMILES string of the molecule is CC/C=C/C=C/C=C/CCCCCCCC(=O)OC(COCCC(C(=O)O)[N+](C)(C)C)COC(=O)CCCCCCCCCCCC/C=C/C/C=C/C/C=C/C/C=C/CC. The van der Waals surface area contributed by atoms with E-state index in [-0.39, 0.29) is 36.2 Å². The summed E-state index contributed by atoms with van der Waals surface area (Å²) in [5, 5.41) is 9.63. The highest BCUT2D eigenvalue weighted by Crippen LogP contribution is 2.14. The van der Waals surface area contributed by atoms with Crippen molar-refractivity contribution in [3.8, 4) is 0 Å². The summed E-state index contributed by atoms with van der Waals surface area (Å²) in [6.45, 7) is 4.45. The number of hydrogen-bond acceptors (Lipinski definition) is 6. The third kappa shape index (κ3) is 39.9. The Morgan fingerprint density at radius 2 is 0.967 bits per heavy atom. The van der Waals surface area contributed by atoms with Gasteiger partial charge in [0.05, 0.1) is 34.4 Å². The summed E-state index contributed by atoms with van der Waals surface area (Å²) in [5.74, 6) is -1.51. The lowest BCUT2D eigenvalue weighted by Gasteiger charge is -2.31. The van der Waals surface area contributed by atoms with Crippen molar-refractivity contribution in [1.82, 2.24) is 0 Å². The molecular formula is C52H88NO7+. The topological polar surface area (TPSA) is 99.1 Å². The van der Waals surface area contributed by atoms with Gasteiger partial charge < -0.3 is 23.8 Å². The number of carboxylic acid groups (broad SMARTS) is 1. The van der Waals surface area contributed by atoms with Crippen LogP contribution >= 0.6 is 0 Å². The van der Waals surface area contributed by atoms with Gasteiger partial charge in [-0.25, -0.2) is 4.79 Å². The molecule has 0 heterocycles. The average Bonchev–Trinajstić information content (AvgIpc) is 3.21. The molecule has 0 aliphatic rings. The molecule has 0 saturated carbocycles. The average molecular weight is 839 g/mol. The smallest absolute Gasteiger partial charge is 0.362 e. The molecule has 0 aromatic carbocycles. The lowest BCUT2D eigenvalue weighted by Crippen LogP contribution is -2.50. The lowest BCUT2D eigenvalue weighted by atomic mass is 10.1. The number of ether oxygens (including phenoxy) is 3. The second-order valence-electron chi connectivity index (χ2n) is 16.7. The van der Waals surface area contributed by atoms with Crippen LogP contribution in [-0.2, 0) is 28.6 Å². The molecule has 8 nitrogen and oxygen atoms in total. The summed E-state index contributed by atoms with van der Waals surface area (Å²) in [4.78, 5) is 37.0. The molecule has 0 rings (SSSR count). The first-order valence-corrected chi connectivity index (χ1v) is 23.7.